The maximum Gasteiger partial charge on any atom is 0.224 e. The maximum atomic E-state index is 11.9. The molecule has 0 fully saturated rings. The molecule has 0 unspecified atom stereocenters. The highest BCUT2D eigenvalue weighted by Crippen LogP contribution is 2.32. The summed E-state index contributed by atoms with van der Waals surface area (Å²) in [5.41, 5.74) is 6.78. The molecule has 4 heteroatoms. The van der Waals surface area contributed by atoms with Crippen LogP contribution in [0.5, 0.6) is 0 Å². The molecule has 1 heterocycles. The first kappa shape index (κ1) is 16.2. The molecule has 124 valence electrons. The zero-order valence-corrected chi connectivity index (χ0v) is 14.5. The van der Waals surface area contributed by atoms with Crippen LogP contribution < -0.4 is 5.32 Å². The van der Waals surface area contributed by atoms with Gasteiger partial charge < -0.3 is 15.1 Å². The number of aryl methyl sites for hydroxylation is 2. The van der Waals surface area contributed by atoms with Crippen LogP contribution in [0.1, 0.15) is 36.5 Å². The van der Waals surface area contributed by atoms with E-state index in [2.05, 4.69) is 37.1 Å². The summed E-state index contributed by atoms with van der Waals surface area (Å²) in [6.45, 7) is 7.88. The Morgan fingerprint density at radius 3 is 2.46 bits per heavy atom. The number of aromatic nitrogens is 1. The number of ketones is 1. The summed E-state index contributed by atoms with van der Waals surface area (Å²) >= 11 is 0. The summed E-state index contributed by atoms with van der Waals surface area (Å²) in [5.74, 6) is -0.105. The molecule has 24 heavy (non-hydrogen) atoms. The Hall–Kier alpha value is -2.62. The number of aromatic amines is 1. The number of carbonyl (C=O) groups is 2. The minimum atomic E-state index is -0.132. The lowest BCUT2D eigenvalue weighted by Crippen LogP contribution is -2.12. The van der Waals surface area contributed by atoms with Gasteiger partial charge in [0.15, 0.2) is 0 Å². The molecule has 3 aromatic rings. The van der Waals surface area contributed by atoms with Gasteiger partial charge in [0.1, 0.15) is 5.78 Å². The lowest BCUT2D eigenvalue weighted by molar-refractivity contribution is -0.121. The van der Waals surface area contributed by atoms with E-state index in [-0.39, 0.29) is 24.5 Å². The molecule has 0 aliphatic rings. The zero-order chi connectivity index (χ0) is 17.4. The van der Waals surface area contributed by atoms with Gasteiger partial charge in [-0.15, -0.1) is 0 Å². The standard InChI is InChI=1S/C20H22N2O2/c1-11-9-17-16-10-15(21-19(24)8-5-12(2)23)6-7-18(16)22-20(17)14(4)13(11)3/h6-7,9-10,22H,5,8H2,1-4H3,(H,21,24). The molecule has 1 amide bonds. The van der Waals surface area contributed by atoms with E-state index < -0.39 is 0 Å². The quantitative estimate of drug-likeness (QED) is 0.740. The van der Waals surface area contributed by atoms with Gasteiger partial charge in [-0.2, -0.15) is 0 Å². The minimum absolute atomic E-state index is 0.0264. The monoisotopic (exact) mass is 322 g/mol. The first-order valence-corrected chi connectivity index (χ1v) is 8.18. The lowest BCUT2D eigenvalue weighted by Gasteiger charge is -2.06. The molecule has 0 saturated carbocycles. The summed E-state index contributed by atoms with van der Waals surface area (Å²) in [4.78, 5) is 26.4. The minimum Gasteiger partial charge on any atom is -0.354 e. The molecule has 3 rings (SSSR count). The summed E-state index contributed by atoms with van der Waals surface area (Å²) in [7, 11) is 0. The Labute approximate surface area is 141 Å². The number of H-pyrrole nitrogens is 1. The van der Waals surface area contributed by atoms with Crippen molar-refractivity contribution in [3.63, 3.8) is 0 Å². The predicted octanol–water partition coefficient (Wildman–Crippen LogP) is 4.55. The van der Waals surface area contributed by atoms with Crippen LogP contribution in [0.2, 0.25) is 0 Å². The van der Waals surface area contributed by atoms with Gasteiger partial charge in [0.05, 0.1) is 0 Å². The summed E-state index contributed by atoms with van der Waals surface area (Å²) < 4.78 is 0. The van der Waals surface area contributed by atoms with Gasteiger partial charge in [-0.05, 0) is 68.7 Å². The van der Waals surface area contributed by atoms with E-state index in [1.807, 2.05) is 18.2 Å². The highest BCUT2D eigenvalue weighted by atomic mass is 16.2. The van der Waals surface area contributed by atoms with Crippen molar-refractivity contribution in [3.05, 3.63) is 41.0 Å². The normalized spacial score (nSPS) is 11.2. The highest BCUT2D eigenvalue weighted by Gasteiger charge is 2.11. The Kier molecular flexibility index (Phi) is 4.14. The Morgan fingerprint density at radius 2 is 1.75 bits per heavy atom. The number of Topliss-reactive ketones (excluding diaryl/α,β-unsaturated/α-hetero) is 1. The number of carbonyl (C=O) groups excluding carboxylic acids is 2. The van der Waals surface area contributed by atoms with E-state index in [1.165, 1.54) is 29.0 Å². The number of amides is 1. The number of rotatable bonds is 4. The Bertz CT molecular complexity index is 967. The van der Waals surface area contributed by atoms with Gasteiger partial charge in [0, 0.05) is 40.3 Å². The molecule has 0 spiro atoms. The van der Waals surface area contributed by atoms with E-state index in [0.29, 0.717) is 0 Å². The molecule has 2 N–H and O–H groups in total. The van der Waals surface area contributed by atoms with Gasteiger partial charge in [-0.1, -0.05) is 0 Å². The molecule has 0 bridgehead atoms. The van der Waals surface area contributed by atoms with E-state index in [1.54, 1.807) is 0 Å². The smallest absolute Gasteiger partial charge is 0.224 e. The Morgan fingerprint density at radius 1 is 1.00 bits per heavy atom. The third-order valence-electron chi connectivity index (χ3n) is 4.72. The molecule has 0 saturated heterocycles. The SMILES string of the molecule is CC(=O)CCC(=O)Nc1ccc2[nH]c3c(C)c(C)c(C)cc3c2c1. The average Bonchev–Trinajstić information content (AvgIpc) is 2.89. The van der Waals surface area contributed by atoms with Crippen LogP contribution in [0.3, 0.4) is 0 Å². The van der Waals surface area contributed by atoms with Crippen LogP contribution in [0.4, 0.5) is 5.69 Å². The van der Waals surface area contributed by atoms with Crippen LogP contribution in [-0.4, -0.2) is 16.7 Å². The van der Waals surface area contributed by atoms with Crippen molar-refractivity contribution in [2.45, 2.75) is 40.5 Å². The molecule has 0 aliphatic carbocycles. The van der Waals surface area contributed by atoms with Gasteiger partial charge in [0.2, 0.25) is 5.91 Å². The van der Waals surface area contributed by atoms with E-state index in [4.69, 9.17) is 0 Å². The molecular weight excluding hydrogens is 300 g/mol. The molecule has 0 atom stereocenters. The predicted molar refractivity (Wildman–Crippen MR) is 98.6 cm³/mol. The topological polar surface area (TPSA) is 62.0 Å². The highest BCUT2D eigenvalue weighted by molar-refractivity contribution is 6.10. The van der Waals surface area contributed by atoms with Crippen LogP contribution >= 0.6 is 0 Å². The second-order valence-electron chi connectivity index (χ2n) is 6.50. The van der Waals surface area contributed by atoms with Crippen molar-refractivity contribution < 1.29 is 9.59 Å². The van der Waals surface area contributed by atoms with Gasteiger partial charge >= 0.3 is 0 Å². The van der Waals surface area contributed by atoms with Crippen molar-refractivity contribution in [2.24, 2.45) is 0 Å². The molecule has 1 aromatic heterocycles. The van der Waals surface area contributed by atoms with Crippen molar-refractivity contribution >= 4 is 39.2 Å². The van der Waals surface area contributed by atoms with Crippen molar-refractivity contribution in [1.29, 1.82) is 0 Å². The summed E-state index contributed by atoms with van der Waals surface area (Å²) in [6, 6.07) is 8.06. The van der Waals surface area contributed by atoms with E-state index >= 15 is 0 Å². The molecule has 0 aliphatic heterocycles. The Balaban J connectivity index is 2.00. The molecule has 2 aromatic carbocycles. The average molecular weight is 322 g/mol. The number of fused-ring (bicyclic) bond motifs is 3. The zero-order valence-electron chi connectivity index (χ0n) is 14.5. The van der Waals surface area contributed by atoms with Gasteiger partial charge in [0.25, 0.3) is 0 Å². The number of hydrogen-bond donors (Lipinski definition) is 2. The van der Waals surface area contributed by atoms with Crippen LogP contribution in [0.15, 0.2) is 24.3 Å². The number of anilines is 1. The fourth-order valence-electron chi connectivity index (χ4n) is 3.06. The number of benzene rings is 2. The van der Waals surface area contributed by atoms with Crippen LogP contribution in [0.25, 0.3) is 21.8 Å². The van der Waals surface area contributed by atoms with E-state index in [0.717, 1.165) is 22.1 Å². The maximum absolute atomic E-state index is 11.9. The van der Waals surface area contributed by atoms with Gasteiger partial charge in [-0.3, -0.25) is 4.79 Å². The van der Waals surface area contributed by atoms with Crippen molar-refractivity contribution in [1.82, 2.24) is 4.98 Å². The molecule has 4 nitrogen and oxygen atoms in total. The first-order valence-electron chi connectivity index (χ1n) is 8.18. The number of nitrogens with one attached hydrogen (secondary N) is 2. The number of hydrogen-bond acceptors (Lipinski definition) is 2. The third kappa shape index (κ3) is 2.92. The summed E-state index contributed by atoms with van der Waals surface area (Å²) in [5, 5.41) is 5.15. The second-order valence-corrected chi connectivity index (χ2v) is 6.50. The lowest BCUT2D eigenvalue weighted by atomic mass is 10.00. The molecule has 0 radical (unpaired) electrons. The largest absolute Gasteiger partial charge is 0.354 e. The fraction of sp³-hybridized carbons (Fsp3) is 0.300. The summed E-state index contributed by atoms with van der Waals surface area (Å²) in [6.07, 6.45) is 0.498. The van der Waals surface area contributed by atoms with Crippen LogP contribution in [-0.2, 0) is 9.59 Å². The van der Waals surface area contributed by atoms with Crippen LogP contribution in [0, 0.1) is 20.8 Å². The second kappa shape index (κ2) is 6.11. The van der Waals surface area contributed by atoms with Gasteiger partial charge in [-0.25, -0.2) is 0 Å². The van der Waals surface area contributed by atoms with Crippen molar-refractivity contribution in [3.8, 4) is 0 Å². The molecular formula is C20H22N2O2. The third-order valence-corrected chi connectivity index (χ3v) is 4.72. The first-order chi connectivity index (χ1) is 11.4. The van der Waals surface area contributed by atoms with Crippen molar-refractivity contribution in [2.75, 3.05) is 5.32 Å². The fourth-order valence-corrected chi connectivity index (χ4v) is 3.06. The van der Waals surface area contributed by atoms with E-state index in [9.17, 15) is 9.59 Å².